The van der Waals surface area contributed by atoms with Gasteiger partial charge in [-0.25, -0.2) is 0 Å². The lowest BCUT2D eigenvalue weighted by Crippen LogP contribution is -2.41. The van der Waals surface area contributed by atoms with Crippen molar-refractivity contribution in [3.8, 4) is 6.07 Å². The first-order chi connectivity index (χ1) is 14.3. The number of amides is 1. The van der Waals surface area contributed by atoms with Crippen molar-refractivity contribution < 1.29 is 9.53 Å². The van der Waals surface area contributed by atoms with Gasteiger partial charge in [0, 0.05) is 31.2 Å². The summed E-state index contributed by atoms with van der Waals surface area (Å²) in [5.41, 5.74) is 1.15. The van der Waals surface area contributed by atoms with E-state index in [4.69, 9.17) is 17.0 Å². The molecule has 3 heterocycles. The maximum atomic E-state index is 13.1. The molecule has 0 bridgehead atoms. The van der Waals surface area contributed by atoms with Crippen molar-refractivity contribution in [3.05, 3.63) is 31.9 Å². The fourth-order valence-corrected chi connectivity index (χ4v) is 5.25. The molecule has 2 fully saturated rings. The molecule has 1 aromatic heterocycles. The highest BCUT2D eigenvalue weighted by molar-refractivity contribution is 8.26. The number of hydrogen-bond acceptors (Lipinski definition) is 7. The third-order valence-corrected chi connectivity index (χ3v) is 6.55. The van der Waals surface area contributed by atoms with E-state index in [-0.39, 0.29) is 23.1 Å². The topological polar surface area (TPSA) is 78.6 Å². The highest BCUT2D eigenvalue weighted by Crippen LogP contribution is 2.36. The lowest BCUT2D eigenvalue weighted by atomic mass is 10.0. The van der Waals surface area contributed by atoms with Gasteiger partial charge < -0.3 is 9.64 Å². The molecule has 0 N–H and O–H groups in total. The summed E-state index contributed by atoms with van der Waals surface area (Å²) in [5, 5.41) is 9.67. The van der Waals surface area contributed by atoms with Crippen LogP contribution >= 0.6 is 24.0 Å². The second-order valence-electron chi connectivity index (χ2n) is 7.55. The van der Waals surface area contributed by atoms with Gasteiger partial charge in [0.05, 0.1) is 18.1 Å². The van der Waals surface area contributed by atoms with E-state index >= 15 is 0 Å². The molecule has 0 radical (unpaired) electrons. The van der Waals surface area contributed by atoms with Crippen molar-refractivity contribution >= 4 is 46.1 Å². The molecule has 1 amide bonds. The van der Waals surface area contributed by atoms with Gasteiger partial charge in [-0.15, -0.1) is 0 Å². The Balaban J connectivity index is 2.26. The zero-order chi connectivity index (χ0) is 22.0. The lowest BCUT2D eigenvalue weighted by Gasteiger charge is -2.33. The Morgan fingerprint density at radius 3 is 2.50 bits per heavy atom. The molecular formula is C21H26N4O3S2. The minimum atomic E-state index is -0.287. The number of nitrogens with zero attached hydrogens (tertiary/aromatic N) is 4. The van der Waals surface area contributed by atoms with Crippen molar-refractivity contribution in [1.82, 2.24) is 9.47 Å². The van der Waals surface area contributed by atoms with Crippen LogP contribution in [0.2, 0.25) is 0 Å². The quantitative estimate of drug-likeness (QED) is 0.508. The zero-order valence-corrected chi connectivity index (χ0v) is 19.4. The third-order valence-electron chi connectivity index (χ3n) is 5.22. The van der Waals surface area contributed by atoms with Crippen LogP contribution in [0.3, 0.4) is 0 Å². The van der Waals surface area contributed by atoms with Gasteiger partial charge in [0.15, 0.2) is 0 Å². The monoisotopic (exact) mass is 446 g/mol. The van der Waals surface area contributed by atoms with Gasteiger partial charge in [-0.3, -0.25) is 19.1 Å². The maximum absolute atomic E-state index is 13.1. The molecule has 2 aliphatic rings. The van der Waals surface area contributed by atoms with Crippen LogP contribution < -0.4 is 10.5 Å². The molecule has 2 saturated heterocycles. The number of hydrogen-bond donors (Lipinski definition) is 0. The van der Waals surface area contributed by atoms with E-state index in [1.54, 1.807) is 22.5 Å². The van der Waals surface area contributed by atoms with Gasteiger partial charge in [0.1, 0.15) is 21.8 Å². The first-order valence-electron chi connectivity index (χ1n) is 10.1. The van der Waals surface area contributed by atoms with Crippen molar-refractivity contribution in [2.45, 2.75) is 46.7 Å². The van der Waals surface area contributed by atoms with Crippen LogP contribution in [0.1, 0.15) is 43.9 Å². The van der Waals surface area contributed by atoms with E-state index in [9.17, 15) is 14.9 Å². The number of rotatable bonds is 5. The molecule has 7 nitrogen and oxygen atoms in total. The lowest BCUT2D eigenvalue weighted by molar-refractivity contribution is -0.123. The number of carbonyl (C=O) groups is 1. The van der Waals surface area contributed by atoms with Crippen molar-refractivity contribution in [2.24, 2.45) is 0 Å². The van der Waals surface area contributed by atoms with Gasteiger partial charge in [-0.05, 0) is 38.8 Å². The molecule has 3 rings (SSSR count). The number of carbonyl (C=O) groups excluding carboxylic acids is 1. The minimum absolute atomic E-state index is 0.0353. The number of thioether (sulfide) groups is 1. The van der Waals surface area contributed by atoms with E-state index in [1.807, 2.05) is 20.8 Å². The zero-order valence-electron chi connectivity index (χ0n) is 17.7. The summed E-state index contributed by atoms with van der Waals surface area (Å²) >= 11 is 6.67. The Bertz CT molecular complexity index is 1000. The van der Waals surface area contributed by atoms with E-state index in [1.165, 1.54) is 11.8 Å². The van der Waals surface area contributed by atoms with E-state index in [0.29, 0.717) is 47.6 Å². The fourth-order valence-electron chi connectivity index (χ4n) is 3.75. The molecule has 0 spiro atoms. The molecule has 2 aliphatic heterocycles. The summed E-state index contributed by atoms with van der Waals surface area (Å²) in [4.78, 5) is 30.3. The Labute approximate surface area is 186 Å². The number of pyridine rings is 1. The number of anilines is 1. The van der Waals surface area contributed by atoms with Crippen molar-refractivity contribution in [1.29, 1.82) is 5.26 Å². The van der Waals surface area contributed by atoms with Crippen LogP contribution in [0.15, 0.2) is 9.70 Å². The van der Waals surface area contributed by atoms with Crippen LogP contribution in [0.4, 0.5) is 5.82 Å². The maximum Gasteiger partial charge on any atom is 0.270 e. The Morgan fingerprint density at radius 1 is 1.30 bits per heavy atom. The molecule has 9 heteroatoms. The minimum Gasteiger partial charge on any atom is -0.378 e. The van der Waals surface area contributed by atoms with Crippen LogP contribution in [0.25, 0.3) is 6.08 Å². The van der Waals surface area contributed by atoms with E-state index in [0.717, 1.165) is 17.8 Å². The second-order valence-corrected chi connectivity index (χ2v) is 9.23. The molecule has 0 saturated carbocycles. The normalized spacial score (nSPS) is 18.6. The molecule has 160 valence electrons. The molecule has 0 aliphatic carbocycles. The second kappa shape index (κ2) is 9.33. The molecule has 30 heavy (non-hydrogen) atoms. The molecular weight excluding hydrogens is 420 g/mol. The molecule has 0 unspecified atom stereocenters. The van der Waals surface area contributed by atoms with Crippen LogP contribution in [-0.2, 0) is 16.1 Å². The Hall–Kier alpha value is -2.15. The van der Waals surface area contributed by atoms with E-state index in [2.05, 4.69) is 11.0 Å². The number of ether oxygens (including phenoxy) is 1. The number of morpholine rings is 1. The predicted octanol–water partition coefficient (Wildman–Crippen LogP) is 2.88. The van der Waals surface area contributed by atoms with Crippen molar-refractivity contribution in [3.63, 3.8) is 0 Å². The van der Waals surface area contributed by atoms with Gasteiger partial charge in [0.2, 0.25) is 0 Å². The summed E-state index contributed by atoms with van der Waals surface area (Å²) in [6.07, 6.45) is 2.55. The molecule has 0 aromatic carbocycles. The number of nitriles is 1. The van der Waals surface area contributed by atoms with Crippen LogP contribution in [-0.4, -0.2) is 52.0 Å². The van der Waals surface area contributed by atoms with Crippen LogP contribution in [0, 0.1) is 18.3 Å². The smallest absolute Gasteiger partial charge is 0.270 e. The van der Waals surface area contributed by atoms with E-state index < -0.39 is 0 Å². The average Bonchev–Trinajstić information content (AvgIpc) is 3.00. The summed E-state index contributed by atoms with van der Waals surface area (Å²) in [5.74, 6) is 0.607. The summed E-state index contributed by atoms with van der Waals surface area (Å²) in [7, 11) is 0. The number of aromatic nitrogens is 1. The van der Waals surface area contributed by atoms with Gasteiger partial charge in [0.25, 0.3) is 11.5 Å². The first-order valence-corrected chi connectivity index (χ1v) is 11.3. The van der Waals surface area contributed by atoms with Crippen molar-refractivity contribution in [2.75, 3.05) is 31.2 Å². The van der Waals surface area contributed by atoms with Gasteiger partial charge >= 0.3 is 0 Å². The SMILES string of the molecule is CCCn1c(N2CCOCC2)c(/C=C2\SC(=S)N(C(C)C)C2=O)c(C)c(C#N)c1=O. The number of thiocarbonyl (C=S) groups is 1. The van der Waals surface area contributed by atoms with Gasteiger partial charge in [-0.2, -0.15) is 5.26 Å². The largest absolute Gasteiger partial charge is 0.378 e. The predicted molar refractivity (Wildman–Crippen MR) is 124 cm³/mol. The summed E-state index contributed by atoms with van der Waals surface area (Å²) in [6, 6.07) is 2.04. The molecule has 1 aromatic rings. The van der Waals surface area contributed by atoms with Gasteiger partial charge in [-0.1, -0.05) is 30.9 Å². The third kappa shape index (κ3) is 4.04. The highest BCUT2D eigenvalue weighted by atomic mass is 32.2. The standard InChI is InChI=1S/C21H26N4O3S2/c1-5-6-24-18(23-7-9-28-10-8-23)15(14(4)16(12-22)19(24)26)11-17-20(27)25(13(2)3)21(29)30-17/h11,13H,5-10H2,1-4H3/b17-11-. The Morgan fingerprint density at radius 2 is 1.97 bits per heavy atom. The highest BCUT2D eigenvalue weighted by Gasteiger charge is 2.34. The average molecular weight is 447 g/mol. The summed E-state index contributed by atoms with van der Waals surface area (Å²) < 4.78 is 7.69. The Kier molecular flexibility index (Phi) is 7.01. The summed E-state index contributed by atoms with van der Waals surface area (Å²) in [6.45, 7) is 10.5. The first kappa shape index (κ1) is 22.5. The fraction of sp³-hybridized carbons (Fsp3) is 0.524. The molecule has 0 atom stereocenters. The van der Waals surface area contributed by atoms with Crippen LogP contribution in [0.5, 0.6) is 0 Å².